The van der Waals surface area contributed by atoms with Gasteiger partial charge in [0.2, 0.25) is 0 Å². The van der Waals surface area contributed by atoms with Crippen molar-refractivity contribution in [2.45, 2.75) is 18.9 Å². The molecule has 0 saturated carbocycles. The van der Waals surface area contributed by atoms with Gasteiger partial charge in [-0.3, -0.25) is 4.79 Å². The van der Waals surface area contributed by atoms with Crippen molar-refractivity contribution in [3.63, 3.8) is 0 Å². The molecule has 4 nitrogen and oxygen atoms in total. The standard InChI is InChI=1S/C10H10ClN3O/c11-9-6-5-8(13-14-9)10(15)12-7-3-1-2-4-7/h1-2,5-7H,3-4H2,(H,12,15). The van der Waals surface area contributed by atoms with E-state index in [1.54, 1.807) is 12.1 Å². The maximum atomic E-state index is 11.6. The van der Waals surface area contributed by atoms with Crippen LogP contribution in [-0.2, 0) is 0 Å². The van der Waals surface area contributed by atoms with Crippen molar-refractivity contribution in [1.82, 2.24) is 15.5 Å². The van der Waals surface area contributed by atoms with Crippen LogP contribution >= 0.6 is 11.6 Å². The molecule has 1 aliphatic carbocycles. The van der Waals surface area contributed by atoms with E-state index < -0.39 is 0 Å². The van der Waals surface area contributed by atoms with Gasteiger partial charge in [0.25, 0.3) is 5.91 Å². The Morgan fingerprint density at radius 2 is 2.07 bits per heavy atom. The van der Waals surface area contributed by atoms with Crippen molar-refractivity contribution in [2.24, 2.45) is 0 Å². The third-order valence-corrected chi connectivity index (χ3v) is 2.41. The van der Waals surface area contributed by atoms with Crippen molar-refractivity contribution < 1.29 is 4.79 Å². The Morgan fingerprint density at radius 1 is 1.33 bits per heavy atom. The molecule has 0 saturated heterocycles. The molecule has 1 aliphatic rings. The van der Waals surface area contributed by atoms with Gasteiger partial charge in [0.1, 0.15) is 0 Å². The maximum Gasteiger partial charge on any atom is 0.272 e. The Labute approximate surface area is 92.3 Å². The zero-order valence-corrected chi connectivity index (χ0v) is 8.74. The SMILES string of the molecule is O=C(NC1CC=CC1)c1ccc(Cl)nn1. The quantitative estimate of drug-likeness (QED) is 0.775. The first kappa shape index (κ1) is 10.1. The normalized spacial score (nSPS) is 15.5. The number of carbonyl (C=O) groups is 1. The number of nitrogens with one attached hydrogen (secondary N) is 1. The fourth-order valence-corrected chi connectivity index (χ4v) is 1.53. The lowest BCUT2D eigenvalue weighted by atomic mass is 10.2. The summed E-state index contributed by atoms with van der Waals surface area (Å²) in [5, 5.41) is 10.5. The second-order valence-electron chi connectivity index (χ2n) is 3.35. The second kappa shape index (κ2) is 4.40. The van der Waals surface area contributed by atoms with Crippen molar-refractivity contribution in [2.75, 3.05) is 0 Å². The van der Waals surface area contributed by atoms with Gasteiger partial charge in [0.05, 0.1) is 0 Å². The van der Waals surface area contributed by atoms with Gasteiger partial charge in [0, 0.05) is 6.04 Å². The van der Waals surface area contributed by atoms with E-state index in [4.69, 9.17) is 11.6 Å². The van der Waals surface area contributed by atoms with Crippen LogP contribution < -0.4 is 5.32 Å². The van der Waals surface area contributed by atoms with Crippen molar-refractivity contribution in [3.05, 3.63) is 35.1 Å². The molecule has 5 heteroatoms. The van der Waals surface area contributed by atoms with Gasteiger partial charge in [-0.05, 0) is 25.0 Å². The highest BCUT2D eigenvalue weighted by Crippen LogP contribution is 2.10. The van der Waals surface area contributed by atoms with Crippen molar-refractivity contribution in [1.29, 1.82) is 0 Å². The number of halogens is 1. The Morgan fingerprint density at radius 3 is 2.67 bits per heavy atom. The summed E-state index contributed by atoms with van der Waals surface area (Å²) in [5.74, 6) is -0.201. The van der Waals surface area contributed by atoms with Crippen LogP contribution in [0.15, 0.2) is 24.3 Å². The number of hydrogen-bond donors (Lipinski definition) is 1. The first-order valence-corrected chi connectivity index (χ1v) is 5.08. The van der Waals surface area contributed by atoms with Gasteiger partial charge in [-0.2, -0.15) is 0 Å². The van der Waals surface area contributed by atoms with E-state index in [1.807, 2.05) is 0 Å². The summed E-state index contributed by atoms with van der Waals surface area (Å²) in [7, 11) is 0. The lowest BCUT2D eigenvalue weighted by molar-refractivity contribution is 0.0933. The van der Waals surface area contributed by atoms with Gasteiger partial charge in [0.15, 0.2) is 10.8 Å². The van der Waals surface area contributed by atoms with Crippen LogP contribution in [-0.4, -0.2) is 22.1 Å². The predicted molar refractivity (Wildman–Crippen MR) is 56.7 cm³/mol. The zero-order chi connectivity index (χ0) is 10.7. The molecule has 0 aliphatic heterocycles. The molecule has 1 N–H and O–H groups in total. The first-order valence-electron chi connectivity index (χ1n) is 4.71. The molecule has 78 valence electrons. The van der Waals surface area contributed by atoms with Gasteiger partial charge in [-0.15, -0.1) is 10.2 Å². The van der Waals surface area contributed by atoms with E-state index in [9.17, 15) is 4.79 Å². The molecule has 0 radical (unpaired) electrons. The molecule has 0 fully saturated rings. The number of nitrogens with zero attached hydrogens (tertiary/aromatic N) is 2. The summed E-state index contributed by atoms with van der Waals surface area (Å²) >= 11 is 5.57. The Kier molecular flexibility index (Phi) is 2.97. The first-order chi connectivity index (χ1) is 7.25. The van der Waals surface area contributed by atoms with Crippen LogP contribution in [0.2, 0.25) is 5.15 Å². The number of amides is 1. The minimum Gasteiger partial charge on any atom is -0.347 e. The molecule has 0 bridgehead atoms. The smallest absolute Gasteiger partial charge is 0.272 e. The Hall–Kier alpha value is -1.42. The third-order valence-electron chi connectivity index (χ3n) is 2.21. The minimum atomic E-state index is -0.201. The lowest BCUT2D eigenvalue weighted by Gasteiger charge is -2.10. The largest absolute Gasteiger partial charge is 0.347 e. The van der Waals surface area contributed by atoms with E-state index >= 15 is 0 Å². The average molecular weight is 224 g/mol. The van der Waals surface area contributed by atoms with Crippen molar-refractivity contribution in [3.8, 4) is 0 Å². The molecule has 15 heavy (non-hydrogen) atoms. The number of hydrogen-bond acceptors (Lipinski definition) is 3. The fraction of sp³-hybridized carbons (Fsp3) is 0.300. The molecule has 0 unspecified atom stereocenters. The summed E-state index contributed by atoms with van der Waals surface area (Å²) in [6.45, 7) is 0. The van der Waals surface area contributed by atoms with Crippen molar-refractivity contribution >= 4 is 17.5 Å². The van der Waals surface area contributed by atoms with Crippen LogP contribution in [0, 0.1) is 0 Å². The monoisotopic (exact) mass is 223 g/mol. The summed E-state index contributed by atoms with van der Waals surface area (Å²) in [6.07, 6.45) is 5.87. The van der Waals surface area contributed by atoms with E-state index in [0.717, 1.165) is 12.8 Å². The van der Waals surface area contributed by atoms with E-state index in [-0.39, 0.29) is 17.1 Å². The number of aromatic nitrogens is 2. The molecule has 1 heterocycles. The Bertz CT molecular complexity index is 380. The summed E-state index contributed by atoms with van der Waals surface area (Å²) in [6, 6.07) is 3.30. The van der Waals surface area contributed by atoms with Crippen LogP contribution in [0.5, 0.6) is 0 Å². The van der Waals surface area contributed by atoms with Crippen LogP contribution in [0.25, 0.3) is 0 Å². The summed E-state index contributed by atoms with van der Waals surface area (Å²) < 4.78 is 0. The number of carbonyl (C=O) groups excluding carboxylic acids is 1. The molecular formula is C10H10ClN3O. The van der Waals surface area contributed by atoms with Crippen LogP contribution in [0.3, 0.4) is 0 Å². The summed E-state index contributed by atoms with van der Waals surface area (Å²) in [5.41, 5.74) is 0.298. The third kappa shape index (κ3) is 2.53. The average Bonchev–Trinajstić information content (AvgIpc) is 2.71. The van der Waals surface area contributed by atoms with Gasteiger partial charge >= 0.3 is 0 Å². The lowest BCUT2D eigenvalue weighted by Crippen LogP contribution is -2.33. The molecule has 0 atom stereocenters. The zero-order valence-electron chi connectivity index (χ0n) is 7.98. The van der Waals surface area contributed by atoms with Crippen LogP contribution in [0.1, 0.15) is 23.3 Å². The highest BCUT2D eigenvalue weighted by Gasteiger charge is 2.15. The topological polar surface area (TPSA) is 54.9 Å². The fourth-order valence-electron chi connectivity index (χ4n) is 1.43. The van der Waals surface area contributed by atoms with Gasteiger partial charge < -0.3 is 5.32 Å². The number of rotatable bonds is 2. The molecule has 2 rings (SSSR count). The minimum absolute atomic E-state index is 0.190. The molecule has 1 aromatic rings. The highest BCUT2D eigenvalue weighted by atomic mass is 35.5. The van der Waals surface area contributed by atoms with Gasteiger partial charge in [-0.1, -0.05) is 23.8 Å². The summed E-state index contributed by atoms with van der Waals surface area (Å²) in [4.78, 5) is 11.6. The molecule has 1 amide bonds. The Balaban J connectivity index is 1.98. The van der Waals surface area contributed by atoms with Crippen LogP contribution in [0.4, 0.5) is 0 Å². The van der Waals surface area contributed by atoms with E-state index in [2.05, 4.69) is 27.7 Å². The molecule has 0 aromatic carbocycles. The van der Waals surface area contributed by atoms with Gasteiger partial charge in [-0.25, -0.2) is 0 Å². The maximum absolute atomic E-state index is 11.6. The highest BCUT2D eigenvalue weighted by molar-refractivity contribution is 6.29. The molecular weight excluding hydrogens is 214 g/mol. The predicted octanol–water partition coefficient (Wildman–Crippen LogP) is 1.58. The molecule has 0 spiro atoms. The van der Waals surface area contributed by atoms with E-state index in [0.29, 0.717) is 5.69 Å². The second-order valence-corrected chi connectivity index (χ2v) is 3.74. The molecule has 1 aromatic heterocycles. The van der Waals surface area contributed by atoms with E-state index in [1.165, 1.54) is 0 Å².